The molecule has 0 aromatic heterocycles. The van der Waals surface area contributed by atoms with Gasteiger partial charge < -0.3 is 4.74 Å². The summed E-state index contributed by atoms with van der Waals surface area (Å²) in [7, 11) is 1.37. The van der Waals surface area contributed by atoms with Gasteiger partial charge in [0.1, 0.15) is 0 Å². The third kappa shape index (κ3) is 5.21. The minimum Gasteiger partial charge on any atom is -0.475 e. The number of carbonyl (C=O) groups excluding carboxylic acids is 1. The molecule has 0 spiro atoms. The van der Waals surface area contributed by atoms with Crippen molar-refractivity contribution >= 4 is 5.97 Å². The maximum Gasteiger partial charge on any atom is 2.00 e. The third-order valence-corrected chi connectivity index (χ3v) is 1.64. The molecular formula is C12H12FeO2. The van der Waals surface area contributed by atoms with Crippen LogP contribution in [0.5, 0.6) is 0 Å². The third-order valence-electron chi connectivity index (χ3n) is 1.64. The summed E-state index contributed by atoms with van der Waals surface area (Å²) in [6.45, 7) is 0. The van der Waals surface area contributed by atoms with Crippen molar-refractivity contribution in [2.45, 2.75) is 0 Å². The molecular weight excluding hydrogens is 232 g/mol. The van der Waals surface area contributed by atoms with Gasteiger partial charge in [-0.05, 0) is 0 Å². The van der Waals surface area contributed by atoms with Gasteiger partial charge in [-0.3, -0.25) is 4.79 Å². The van der Waals surface area contributed by atoms with Gasteiger partial charge in [0.25, 0.3) is 5.97 Å². The monoisotopic (exact) mass is 244 g/mol. The van der Waals surface area contributed by atoms with Crippen molar-refractivity contribution in [1.29, 1.82) is 0 Å². The minimum absolute atomic E-state index is 0. The quantitative estimate of drug-likeness (QED) is 0.438. The van der Waals surface area contributed by atoms with E-state index >= 15 is 0 Å². The van der Waals surface area contributed by atoms with Gasteiger partial charge >= 0.3 is 17.1 Å². The van der Waals surface area contributed by atoms with Gasteiger partial charge in [0.05, 0.1) is 7.11 Å². The van der Waals surface area contributed by atoms with Crippen LogP contribution in [0.4, 0.5) is 0 Å². The van der Waals surface area contributed by atoms with Gasteiger partial charge in [-0.25, -0.2) is 24.3 Å². The molecule has 0 aliphatic heterocycles. The molecule has 80 valence electrons. The Balaban J connectivity index is 0.000000280. The number of hydrogen-bond donors (Lipinski definition) is 0. The zero-order chi connectivity index (χ0) is 10.2. The van der Waals surface area contributed by atoms with Crippen LogP contribution < -0.4 is 0 Å². The first-order valence-corrected chi connectivity index (χ1v) is 4.31. The molecule has 0 saturated carbocycles. The fourth-order valence-electron chi connectivity index (χ4n) is 0.949. The van der Waals surface area contributed by atoms with Crippen LogP contribution in [0.15, 0.2) is 54.6 Å². The molecule has 0 fully saturated rings. The smallest absolute Gasteiger partial charge is 0.475 e. The van der Waals surface area contributed by atoms with Crippen LogP contribution in [0.25, 0.3) is 0 Å². The minimum atomic E-state index is -0.278. The maximum atomic E-state index is 10.7. The first-order valence-electron chi connectivity index (χ1n) is 4.31. The molecule has 0 atom stereocenters. The van der Waals surface area contributed by atoms with Gasteiger partial charge in [-0.1, -0.05) is 5.56 Å². The summed E-state index contributed by atoms with van der Waals surface area (Å²) in [6.07, 6.45) is 0. The summed E-state index contributed by atoms with van der Waals surface area (Å²) in [6, 6.07) is 17.0. The normalized spacial score (nSPS) is 8.07. The standard InChI is InChI=1S/C7H7O2.C5H5.Fe/c1-9-7(8)6-4-2-3-5-6;1-2-4-5-3-1;/h2-5H,1H3;1-5H;/q2*-1;+2. The summed E-state index contributed by atoms with van der Waals surface area (Å²) in [5.41, 5.74) is 0.609. The summed E-state index contributed by atoms with van der Waals surface area (Å²) < 4.78 is 4.46. The average Bonchev–Trinajstić information content (AvgIpc) is 2.91. The first-order chi connectivity index (χ1) is 6.84. The molecule has 0 amide bonds. The van der Waals surface area contributed by atoms with E-state index in [1.807, 2.05) is 30.3 Å². The van der Waals surface area contributed by atoms with Crippen molar-refractivity contribution in [3.05, 3.63) is 60.2 Å². The molecule has 2 aromatic carbocycles. The Morgan fingerprint density at radius 1 is 1.13 bits per heavy atom. The molecule has 0 heterocycles. The van der Waals surface area contributed by atoms with Crippen LogP contribution in [0, 0.1) is 0 Å². The van der Waals surface area contributed by atoms with Crippen molar-refractivity contribution in [2.75, 3.05) is 7.11 Å². The van der Waals surface area contributed by atoms with Gasteiger partial charge in [0.15, 0.2) is 0 Å². The molecule has 3 heteroatoms. The number of methoxy groups -OCH3 is 1. The summed E-state index contributed by atoms with van der Waals surface area (Å²) in [5, 5.41) is 0. The van der Waals surface area contributed by atoms with E-state index in [-0.39, 0.29) is 23.0 Å². The van der Waals surface area contributed by atoms with E-state index in [2.05, 4.69) is 4.74 Å². The molecule has 2 nitrogen and oxygen atoms in total. The average molecular weight is 244 g/mol. The number of carbonyl (C=O) groups is 1. The number of esters is 1. The Kier molecular flexibility index (Phi) is 7.33. The Morgan fingerprint density at radius 3 is 2.00 bits per heavy atom. The molecule has 0 aliphatic carbocycles. The van der Waals surface area contributed by atoms with Crippen molar-refractivity contribution in [2.24, 2.45) is 0 Å². The summed E-state index contributed by atoms with van der Waals surface area (Å²) >= 11 is 0. The van der Waals surface area contributed by atoms with Gasteiger partial charge in [-0.2, -0.15) is 30.3 Å². The molecule has 0 radical (unpaired) electrons. The second kappa shape index (κ2) is 8.04. The largest absolute Gasteiger partial charge is 2.00 e. The topological polar surface area (TPSA) is 26.3 Å². The second-order valence-electron chi connectivity index (χ2n) is 2.63. The number of rotatable bonds is 1. The Hall–Kier alpha value is -1.31. The van der Waals surface area contributed by atoms with Gasteiger partial charge in [0, 0.05) is 0 Å². The maximum absolute atomic E-state index is 10.7. The number of hydrogen-bond acceptors (Lipinski definition) is 2. The van der Waals surface area contributed by atoms with E-state index in [0.717, 1.165) is 0 Å². The summed E-state index contributed by atoms with van der Waals surface area (Å²) in [5.74, 6) is -0.278. The van der Waals surface area contributed by atoms with Crippen molar-refractivity contribution in [3.8, 4) is 0 Å². The van der Waals surface area contributed by atoms with Crippen molar-refractivity contribution < 1.29 is 26.6 Å². The van der Waals surface area contributed by atoms with Crippen LogP contribution in [-0.2, 0) is 21.8 Å². The Morgan fingerprint density at radius 2 is 1.67 bits per heavy atom. The fraction of sp³-hybridized carbons (Fsp3) is 0.0833. The molecule has 0 saturated heterocycles. The Labute approximate surface area is 100 Å². The zero-order valence-corrected chi connectivity index (χ0v) is 9.47. The van der Waals surface area contributed by atoms with E-state index in [1.54, 1.807) is 24.3 Å². The molecule has 2 aromatic rings. The molecule has 15 heavy (non-hydrogen) atoms. The van der Waals surface area contributed by atoms with E-state index in [9.17, 15) is 4.79 Å². The van der Waals surface area contributed by atoms with Crippen molar-refractivity contribution in [1.82, 2.24) is 0 Å². The predicted octanol–water partition coefficient (Wildman–Crippen LogP) is 2.60. The summed E-state index contributed by atoms with van der Waals surface area (Å²) in [4.78, 5) is 10.7. The van der Waals surface area contributed by atoms with Crippen LogP contribution in [0.2, 0.25) is 0 Å². The molecule has 0 bridgehead atoms. The Bertz CT molecular complexity index is 318. The molecule has 0 aliphatic rings. The predicted molar refractivity (Wildman–Crippen MR) is 55.4 cm³/mol. The van der Waals surface area contributed by atoms with Crippen LogP contribution >= 0.6 is 0 Å². The van der Waals surface area contributed by atoms with E-state index in [0.29, 0.717) is 5.56 Å². The fourth-order valence-corrected chi connectivity index (χ4v) is 0.949. The first kappa shape index (κ1) is 13.7. The van der Waals surface area contributed by atoms with Crippen LogP contribution in [0.3, 0.4) is 0 Å². The van der Waals surface area contributed by atoms with E-state index in [4.69, 9.17) is 0 Å². The SMILES string of the molecule is COC(=O)[c-]1cccc1.[Fe+2].c1cc[cH-]c1. The number of ether oxygens (including phenoxy) is 1. The van der Waals surface area contributed by atoms with Crippen LogP contribution in [-0.4, -0.2) is 13.1 Å². The zero-order valence-electron chi connectivity index (χ0n) is 8.37. The van der Waals surface area contributed by atoms with Gasteiger partial charge in [-0.15, -0.1) is 0 Å². The molecule has 0 unspecified atom stereocenters. The van der Waals surface area contributed by atoms with Crippen molar-refractivity contribution in [3.63, 3.8) is 0 Å². The van der Waals surface area contributed by atoms with Crippen LogP contribution in [0.1, 0.15) is 10.4 Å². The second-order valence-corrected chi connectivity index (χ2v) is 2.63. The van der Waals surface area contributed by atoms with E-state index in [1.165, 1.54) is 7.11 Å². The molecule has 0 N–H and O–H groups in total. The van der Waals surface area contributed by atoms with E-state index < -0.39 is 0 Å². The van der Waals surface area contributed by atoms with Gasteiger partial charge in [0.2, 0.25) is 0 Å². The molecule has 2 rings (SSSR count).